The first-order chi connectivity index (χ1) is 5.67. The Morgan fingerprint density at radius 2 is 2.08 bits per heavy atom. The van der Waals surface area contributed by atoms with Gasteiger partial charge in [0.05, 0.1) is 0 Å². The van der Waals surface area contributed by atoms with Gasteiger partial charge in [-0.05, 0) is 11.1 Å². The van der Waals surface area contributed by atoms with Crippen LogP contribution in [0.25, 0.3) is 6.08 Å². The molecule has 1 aliphatic carbocycles. The van der Waals surface area contributed by atoms with Crippen LogP contribution in [-0.4, -0.2) is 3.78 Å². The van der Waals surface area contributed by atoms with Gasteiger partial charge in [-0.1, -0.05) is 52.3 Å². The third-order valence-electron chi connectivity index (χ3n) is 1.99. The van der Waals surface area contributed by atoms with Gasteiger partial charge in [0, 0.05) is 6.42 Å². The predicted octanol–water partition coefficient (Wildman–Crippen LogP) is 3.59. The van der Waals surface area contributed by atoms with Crippen LogP contribution in [0, 0.1) is 0 Å². The maximum atomic E-state index is 6.13. The Morgan fingerprint density at radius 1 is 1.33 bits per heavy atom. The first kappa shape index (κ1) is 8.33. The molecule has 0 saturated carbocycles. The minimum atomic E-state index is -0.374. The second-order valence-corrected chi connectivity index (χ2v) is 5.52. The molecule has 0 saturated heterocycles. The smallest absolute Gasteiger partial charge is 0.102 e. The number of alkyl halides is 2. The van der Waals surface area contributed by atoms with E-state index in [9.17, 15) is 0 Å². The zero-order chi connectivity index (χ0) is 8.60. The van der Waals surface area contributed by atoms with Crippen molar-refractivity contribution in [1.29, 1.82) is 0 Å². The molecule has 0 fully saturated rings. The van der Waals surface area contributed by atoms with Crippen molar-refractivity contribution in [2.75, 3.05) is 0 Å². The zero-order valence-electron chi connectivity index (χ0n) is 6.43. The van der Waals surface area contributed by atoms with Crippen LogP contribution in [0.3, 0.4) is 0 Å². The summed E-state index contributed by atoms with van der Waals surface area (Å²) >= 11 is 9.57. The van der Waals surface area contributed by atoms with E-state index in [0.717, 1.165) is 6.42 Å². The number of fused-ring (bicyclic) bond motifs is 1. The Kier molecular flexibility index (Phi) is 2.01. The fraction of sp³-hybridized carbons (Fsp3) is 0.200. The molecule has 2 heteroatoms. The Labute approximate surface area is 85.4 Å². The van der Waals surface area contributed by atoms with E-state index in [2.05, 4.69) is 34.1 Å². The SMILES string of the molecule is ClC1(Br)C=Cc2ccccc2C1. The summed E-state index contributed by atoms with van der Waals surface area (Å²) < 4.78 is -0.374. The normalized spacial score (nSPS) is 26.8. The van der Waals surface area contributed by atoms with Crippen LogP contribution >= 0.6 is 27.5 Å². The topological polar surface area (TPSA) is 0 Å². The summed E-state index contributed by atoms with van der Waals surface area (Å²) in [6, 6.07) is 8.29. The molecule has 0 aliphatic heterocycles. The van der Waals surface area contributed by atoms with E-state index < -0.39 is 0 Å². The Bertz CT molecular complexity index is 328. The van der Waals surface area contributed by atoms with Gasteiger partial charge in [0.25, 0.3) is 0 Å². The first-order valence-corrected chi connectivity index (χ1v) is 4.99. The van der Waals surface area contributed by atoms with Crippen LogP contribution < -0.4 is 0 Å². The molecule has 0 heterocycles. The van der Waals surface area contributed by atoms with Crippen molar-refractivity contribution < 1.29 is 0 Å². The fourth-order valence-electron chi connectivity index (χ4n) is 1.38. The molecule has 1 aromatic rings. The molecule has 0 bridgehead atoms. The monoisotopic (exact) mass is 242 g/mol. The van der Waals surface area contributed by atoms with Gasteiger partial charge in [0.1, 0.15) is 3.78 Å². The highest BCUT2D eigenvalue weighted by Crippen LogP contribution is 2.35. The molecule has 1 atom stereocenters. The lowest BCUT2D eigenvalue weighted by molar-refractivity contribution is 0.950. The third-order valence-corrected chi connectivity index (χ3v) is 2.79. The van der Waals surface area contributed by atoms with Crippen LogP contribution in [0.15, 0.2) is 30.3 Å². The first-order valence-electron chi connectivity index (χ1n) is 3.82. The van der Waals surface area contributed by atoms with Gasteiger partial charge in [-0.3, -0.25) is 0 Å². The van der Waals surface area contributed by atoms with Crippen molar-refractivity contribution in [2.24, 2.45) is 0 Å². The minimum absolute atomic E-state index is 0.374. The maximum Gasteiger partial charge on any atom is 0.121 e. The minimum Gasteiger partial charge on any atom is -0.102 e. The van der Waals surface area contributed by atoms with Gasteiger partial charge in [-0.15, -0.1) is 11.6 Å². The summed E-state index contributed by atoms with van der Waals surface area (Å²) in [5.41, 5.74) is 2.57. The molecule has 2 rings (SSSR count). The lowest BCUT2D eigenvalue weighted by atomic mass is 9.97. The van der Waals surface area contributed by atoms with Gasteiger partial charge in [-0.2, -0.15) is 0 Å². The zero-order valence-corrected chi connectivity index (χ0v) is 8.77. The van der Waals surface area contributed by atoms with E-state index in [4.69, 9.17) is 11.6 Å². The largest absolute Gasteiger partial charge is 0.121 e. The Morgan fingerprint density at radius 3 is 2.92 bits per heavy atom. The van der Waals surface area contributed by atoms with Crippen molar-refractivity contribution in [1.82, 2.24) is 0 Å². The van der Waals surface area contributed by atoms with Gasteiger partial charge in [0.15, 0.2) is 0 Å². The van der Waals surface area contributed by atoms with Crippen molar-refractivity contribution in [3.05, 3.63) is 41.5 Å². The summed E-state index contributed by atoms with van der Waals surface area (Å²) in [5, 5.41) is 0. The molecule has 1 aliphatic rings. The van der Waals surface area contributed by atoms with E-state index in [1.807, 2.05) is 18.2 Å². The van der Waals surface area contributed by atoms with Crippen LogP contribution in [0.2, 0.25) is 0 Å². The van der Waals surface area contributed by atoms with Gasteiger partial charge in [-0.25, -0.2) is 0 Å². The van der Waals surface area contributed by atoms with E-state index >= 15 is 0 Å². The lowest BCUT2D eigenvalue weighted by Gasteiger charge is -2.21. The molecule has 12 heavy (non-hydrogen) atoms. The summed E-state index contributed by atoms with van der Waals surface area (Å²) in [7, 11) is 0. The Hall–Kier alpha value is -0.270. The molecule has 0 nitrogen and oxygen atoms in total. The number of halogens is 2. The third kappa shape index (κ3) is 1.57. The number of hydrogen-bond acceptors (Lipinski definition) is 0. The highest BCUT2D eigenvalue weighted by atomic mass is 79.9. The van der Waals surface area contributed by atoms with Gasteiger partial charge < -0.3 is 0 Å². The standard InChI is InChI=1S/C10H8BrCl/c11-10(12)6-5-8-3-1-2-4-9(8)7-10/h1-6H,7H2. The molecule has 1 unspecified atom stereocenters. The molecule has 0 amide bonds. The average molecular weight is 244 g/mol. The van der Waals surface area contributed by atoms with Crippen LogP contribution in [0.1, 0.15) is 11.1 Å². The highest BCUT2D eigenvalue weighted by molar-refractivity contribution is 9.10. The summed E-state index contributed by atoms with van der Waals surface area (Å²) in [6.07, 6.45) is 4.89. The summed E-state index contributed by atoms with van der Waals surface area (Å²) in [4.78, 5) is 0. The van der Waals surface area contributed by atoms with Crippen molar-refractivity contribution in [3.63, 3.8) is 0 Å². The second-order valence-electron chi connectivity index (χ2n) is 2.97. The van der Waals surface area contributed by atoms with Crippen LogP contribution in [0.4, 0.5) is 0 Å². The molecule has 0 N–H and O–H groups in total. The predicted molar refractivity (Wildman–Crippen MR) is 56.7 cm³/mol. The van der Waals surface area contributed by atoms with Crippen LogP contribution in [-0.2, 0) is 6.42 Å². The van der Waals surface area contributed by atoms with Gasteiger partial charge in [0.2, 0.25) is 0 Å². The lowest BCUT2D eigenvalue weighted by Crippen LogP contribution is -2.15. The van der Waals surface area contributed by atoms with Crippen LogP contribution in [0.5, 0.6) is 0 Å². The number of hydrogen-bond donors (Lipinski definition) is 0. The average Bonchev–Trinajstić information content (AvgIpc) is 2.02. The molecular weight excluding hydrogens is 235 g/mol. The number of allylic oxidation sites excluding steroid dienone is 1. The highest BCUT2D eigenvalue weighted by Gasteiger charge is 2.24. The molecule has 0 radical (unpaired) electrons. The molecular formula is C10H8BrCl. The van der Waals surface area contributed by atoms with Crippen molar-refractivity contribution in [3.8, 4) is 0 Å². The van der Waals surface area contributed by atoms with E-state index in [0.29, 0.717) is 0 Å². The quantitative estimate of drug-likeness (QED) is 0.611. The Balaban J connectivity index is 2.46. The maximum absolute atomic E-state index is 6.13. The molecule has 0 aromatic heterocycles. The summed E-state index contributed by atoms with van der Waals surface area (Å²) in [5.74, 6) is 0. The summed E-state index contributed by atoms with van der Waals surface area (Å²) in [6.45, 7) is 0. The molecule has 1 aromatic carbocycles. The molecule has 0 spiro atoms. The second kappa shape index (κ2) is 2.90. The fourth-order valence-corrected chi connectivity index (χ4v) is 2.02. The van der Waals surface area contributed by atoms with Crippen molar-refractivity contribution >= 4 is 33.6 Å². The van der Waals surface area contributed by atoms with Crippen molar-refractivity contribution in [2.45, 2.75) is 10.2 Å². The van der Waals surface area contributed by atoms with Gasteiger partial charge >= 0.3 is 0 Å². The number of benzene rings is 1. The number of rotatable bonds is 0. The molecule has 62 valence electrons. The van der Waals surface area contributed by atoms with E-state index in [-0.39, 0.29) is 3.78 Å². The van der Waals surface area contributed by atoms with E-state index in [1.165, 1.54) is 11.1 Å². The van der Waals surface area contributed by atoms with E-state index in [1.54, 1.807) is 0 Å².